The highest BCUT2D eigenvalue weighted by atomic mass is 14.5. The molecule has 0 aromatic heterocycles. The Morgan fingerprint density at radius 2 is 1.71 bits per heavy atom. The molecule has 0 heterocycles. The van der Waals surface area contributed by atoms with Gasteiger partial charge < -0.3 is 5.73 Å². The molecule has 0 unspecified atom stereocenters. The molecular weight excluding hydrogens is 170 g/mol. The zero-order chi connectivity index (χ0) is 10.3. The number of rotatable bonds is 6. The molecule has 0 aliphatic heterocycles. The fourth-order valence-electron chi connectivity index (χ4n) is 3.10. The van der Waals surface area contributed by atoms with Crippen LogP contribution >= 0.6 is 0 Å². The molecule has 0 atom stereocenters. The van der Waals surface area contributed by atoms with E-state index in [0.29, 0.717) is 0 Å². The average molecular weight is 197 g/mol. The summed E-state index contributed by atoms with van der Waals surface area (Å²) in [7, 11) is 0. The molecule has 0 aromatic carbocycles. The summed E-state index contributed by atoms with van der Waals surface area (Å²) in [5.41, 5.74) is 6.29. The van der Waals surface area contributed by atoms with Gasteiger partial charge in [0, 0.05) is 0 Å². The Labute approximate surface area is 89.5 Å². The standard InChI is InChI=1S/C13H27N/c1-2-8-13(11-6-7-12-14)9-4-3-5-10-13/h2-12,14H2,1H3. The van der Waals surface area contributed by atoms with Gasteiger partial charge in [0.05, 0.1) is 0 Å². The van der Waals surface area contributed by atoms with Crippen LogP contribution in [0.1, 0.15) is 71.1 Å². The zero-order valence-electron chi connectivity index (χ0n) is 9.86. The van der Waals surface area contributed by atoms with Crippen LogP contribution in [0.3, 0.4) is 0 Å². The summed E-state index contributed by atoms with van der Waals surface area (Å²) in [5.74, 6) is 0. The highest BCUT2D eigenvalue weighted by Crippen LogP contribution is 2.44. The van der Waals surface area contributed by atoms with Crippen LogP contribution in [-0.4, -0.2) is 6.54 Å². The van der Waals surface area contributed by atoms with Gasteiger partial charge >= 0.3 is 0 Å². The summed E-state index contributed by atoms with van der Waals surface area (Å²) in [6.45, 7) is 3.21. The quantitative estimate of drug-likeness (QED) is 0.643. The lowest BCUT2D eigenvalue weighted by Gasteiger charge is -2.37. The van der Waals surface area contributed by atoms with Crippen molar-refractivity contribution in [2.24, 2.45) is 11.1 Å². The molecule has 1 fully saturated rings. The average Bonchev–Trinajstić information content (AvgIpc) is 2.20. The van der Waals surface area contributed by atoms with Crippen LogP contribution in [0.25, 0.3) is 0 Å². The number of hydrogen-bond donors (Lipinski definition) is 1. The van der Waals surface area contributed by atoms with Crippen molar-refractivity contribution in [3.63, 3.8) is 0 Å². The van der Waals surface area contributed by atoms with Gasteiger partial charge in [0.25, 0.3) is 0 Å². The number of unbranched alkanes of at least 4 members (excludes halogenated alkanes) is 1. The molecule has 1 aliphatic rings. The lowest BCUT2D eigenvalue weighted by molar-refractivity contribution is 0.151. The molecule has 1 aliphatic carbocycles. The van der Waals surface area contributed by atoms with Crippen LogP contribution in [0.4, 0.5) is 0 Å². The Bertz CT molecular complexity index is 131. The maximum Gasteiger partial charge on any atom is -0.00773 e. The fraction of sp³-hybridized carbons (Fsp3) is 1.00. The molecule has 84 valence electrons. The Hall–Kier alpha value is -0.0400. The van der Waals surface area contributed by atoms with E-state index in [1.807, 2.05) is 0 Å². The van der Waals surface area contributed by atoms with Crippen LogP contribution in [0.5, 0.6) is 0 Å². The van der Waals surface area contributed by atoms with E-state index in [2.05, 4.69) is 6.92 Å². The third kappa shape index (κ3) is 3.61. The van der Waals surface area contributed by atoms with Crippen molar-refractivity contribution in [3.8, 4) is 0 Å². The molecule has 1 rings (SSSR count). The van der Waals surface area contributed by atoms with E-state index in [4.69, 9.17) is 5.73 Å². The van der Waals surface area contributed by atoms with Crippen LogP contribution in [0.2, 0.25) is 0 Å². The first kappa shape index (κ1) is 12.0. The third-order valence-electron chi connectivity index (χ3n) is 3.86. The van der Waals surface area contributed by atoms with Gasteiger partial charge in [-0.25, -0.2) is 0 Å². The molecule has 1 heteroatoms. The smallest absolute Gasteiger partial charge is 0.00773 e. The Kier molecular flexibility index (Phi) is 5.54. The molecule has 2 N–H and O–H groups in total. The molecule has 14 heavy (non-hydrogen) atoms. The maximum absolute atomic E-state index is 5.56. The predicted molar refractivity (Wildman–Crippen MR) is 63.3 cm³/mol. The van der Waals surface area contributed by atoms with Crippen molar-refractivity contribution in [2.75, 3.05) is 6.54 Å². The number of nitrogens with two attached hydrogens (primary N) is 1. The minimum absolute atomic E-state index is 0.724. The number of hydrogen-bond acceptors (Lipinski definition) is 1. The molecule has 1 nitrogen and oxygen atoms in total. The molecule has 0 spiro atoms. The highest BCUT2D eigenvalue weighted by molar-refractivity contribution is 4.82. The minimum Gasteiger partial charge on any atom is -0.330 e. The van der Waals surface area contributed by atoms with Crippen LogP contribution in [-0.2, 0) is 0 Å². The molecule has 0 saturated heterocycles. The van der Waals surface area contributed by atoms with Gasteiger partial charge in [-0.1, -0.05) is 39.0 Å². The van der Waals surface area contributed by atoms with Gasteiger partial charge in [0.1, 0.15) is 0 Å². The molecule has 0 bridgehead atoms. The van der Waals surface area contributed by atoms with Crippen molar-refractivity contribution in [1.29, 1.82) is 0 Å². The van der Waals surface area contributed by atoms with Crippen LogP contribution in [0, 0.1) is 5.41 Å². The normalized spacial score (nSPS) is 21.0. The fourth-order valence-corrected chi connectivity index (χ4v) is 3.10. The summed E-state index contributed by atoms with van der Waals surface area (Å²) >= 11 is 0. The van der Waals surface area contributed by atoms with Crippen molar-refractivity contribution in [1.82, 2.24) is 0 Å². The maximum atomic E-state index is 5.56. The SMILES string of the molecule is CCCC1(CCCCN)CCCCC1. The van der Waals surface area contributed by atoms with E-state index in [0.717, 1.165) is 12.0 Å². The topological polar surface area (TPSA) is 26.0 Å². The second-order valence-corrected chi connectivity index (χ2v) is 5.06. The minimum atomic E-state index is 0.724. The van der Waals surface area contributed by atoms with E-state index >= 15 is 0 Å². The largest absolute Gasteiger partial charge is 0.330 e. The Balaban J connectivity index is 2.34. The first-order valence-corrected chi connectivity index (χ1v) is 6.53. The summed E-state index contributed by atoms with van der Waals surface area (Å²) in [5, 5.41) is 0. The van der Waals surface area contributed by atoms with E-state index in [9.17, 15) is 0 Å². The highest BCUT2D eigenvalue weighted by Gasteiger charge is 2.29. The molecule has 0 amide bonds. The third-order valence-corrected chi connectivity index (χ3v) is 3.86. The molecule has 1 saturated carbocycles. The van der Waals surface area contributed by atoms with Crippen molar-refractivity contribution < 1.29 is 0 Å². The van der Waals surface area contributed by atoms with E-state index < -0.39 is 0 Å². The summed E-state index contributed by atoms with van der Waals surface area (Å²) in [6.07, 6.45) is 14.3. The van der Waals surface area contributed by atoms with E-state index in [1.54, 1.807) is 0 Å². The van der Waals surface area contributed by atoms with Gasteiger partial charge in [-0.3, -0.25) is 0 Å². The van der Waals surface area contributed by atoms with Gasteiger partial charge in [-0.2, -0.15) is 0 Å². The predicted octanol–water partition coefficient (Wildman–Crippen LogP) is 3.87. The van der Waals surface area contributed by atoms with Gasteiger partial charge in [-0.15, -0.1) is 0 Å². The molecule has 0 radical (unpaired) electrons. The van der Waals surface area contributed by atoms with Crippen molar-refractivity contribution in [3.05, 3.63) is 0 Å². The monoisotopic (exact) mass is 197 g/mol. The molecular formula is C13H27N. The summed E-state index contributed by atoms with van der Waals surface area (Å²) in [4.78, 5) is 0. The zero-order valence-corrected chi connectivity index (χ0v) is 9.86. The van der Waals surface area contributed by atoms with Crippen molar-refractivity contribution >= 4 is 0 Å². The van der Waals surface area contributed by atoms with Gasteiger partial charge in [0.15, 0.2) is 0 Å². The van der Waals surface area contributed by atoms with Gasteiger partial charge in [0.2, 0.25) is 0 Å². The Morgan fingerprint density at radius 1 is 1.00 bits per heavy atom. The molecule has 0 aromatic rings. The van der Waals surface area contributed by atoms with Gasteiger partial charge in [-0.05, 0) is 44.1 Å². The first-order valence-electron chi connectivity index (χ1n) is 6.53. The van der Waals surface area contributed by atoms with Crippen molar-refractivity contribution in [2.45, 2.75) is 71.1 Å². The van der Waals surface area contributed by atoms with Crippen LogP contribution < -0.4 is 5.73 Å². The van der Waals surface area contributed by atoms with E-state index in [1.165, 1.54) is 64.2 Å². The lowest BCUT2D eigenvalue weighted by atomic mass is 9.68. The lowest BCUT2D eigenvalue weighted by Crippen LogP contribution is -2.24. The Morgan fingerprint density at radius 3 is 2.29 bits per heavy atom. The first-order chi connectivity index (χ1) is 6.83. The van der Waals surface area contributed by atoms with Crippen LogP contribution in [0.15, 0.2) is 0 Å². The second-order valence-electron chi connectivity index (χ2n) is 5.06. The summed E-state index contributed by atoms with van der Waals surface area (Å²) in [6, 6.07) is 0. The summed E-state index contributed by atoms with van der Waals surface area (Å²) < 4.78 is 0. The van der Waals surface area contributed by atoms with E-state index in [-0.39, 0.29) is 0 Å². The second kappa shape index (κ2) is 6.44.